The van der Waals surface area contributed by atoms with Gasteiger partial charge in [0.25, 0.3) is 0 Å². The van der Waals surface area contributed by atoms with Gasteiger partial charge in [-0.15, -0.1) is 0 Å². The van der Waals surface area contributed by atoms with Crippen LogP contribution in [0.2, 0.25) is 0 Å². The summed E-state index contributed by atoms with van der Waals surface area (Å²) in [6.07, 6.45) is 6.91. The fourth-order valence-electron chi connectivity index (χ4n) is 6.00. The van der Waals surface area contributed by atoms with Crippen molar-refractivity contribution in [3.63, 3.8) is 0 Å². The number of phenolic OH excluding ortho intramolecular Hbond substituents is 1. The standard InChI is InChI=1S/C25H36N2O4/c1-16-22-13-19-8-9-20(28)14-21(19)25(16,11-12-27(22)15-18-6-7-18)10-4-5-23(29)26-17(2)24(30)31-3/h8-9,14,16-18,22,28H,4-7,10-13,15H2,1-3H3,(H,26,29)/t16-,17-,22+,25+/m0/s1. The zero-order chi connectivity index (χ0) is 22.2. The lowest BCUT2D eigenvalue weighted by molar-refractivity contribution is -0.144. The second-order valence-electron chi connectivity index (χ2n) is 9.91. The van der Waals surface area contributed by atoms with E-state index in [1.807, 2.05) is 12.1 Å². The van der Waals surface area contributed by atoms with Crippen molar-refractivity contribution in [2.75, 3.05) is 20.2 Å². The van der Waals surface area contributed by atoms with Crippen LogP contribution in [0.3, 0.4) is 0 Å². The smallest absolute Gasteiger partial charge is 0.328 e. The molecule has 6 nitrogen and oxygen atoms in total. The fraction of sp³-hybridized carbons (Fsp3) is 0.680. The number of methoxy groups -OCH3 is 1. The molecule has 3 aliphatic rings. The molecule has 31 heavy (non-hydrogen) atoms. The number of hydrogen-bond acceptors (Lipinski definition) is 5. The number of carbonyl (C=O) groups is 2. The molecule has 0 aromatic heterocycles. The van der Waals surface area contributed by atoms with Gasteiger partial charge in [-0.1, -0.05) is 13.0 Å². The third-order valence-corrected chi connectivity index (χ3v) is 7.97. The van der Waals surface area contributed by atoms with Gasteiger partial charge in [0.2, 0.25) is 5.91 Å². The largest absolute Gasteiger partial charge is 0.508 e. The zero-order valence-electron chi connectivity index (χ0n) is 19.0. The number of esters is 1. The number of likely N-dealkylation sites (tertiary alicyclic amines) is 1. The number of hydrogen-bond donors (Lipinski definition) is 2. The highest BCUT2D eigenvalue weighted by Crippen LogP contribution is 2.52. The molecule has 1 heterocycles. The molecule has 2 N–H and O–H groups in total. The molecule has 4 atom stereocenters. The predicted octanol–water partition coefficient (Wildman–Crippen LogP) is 3.15. The Hall–Kier alpha value is -2.08. The summed E-state index contributed by atoms with van der Waals surface area (Å²) in [4.78, 5) is 26.7. The summed E-state index contributed by atoms with van der Waals surface area (Å²) >= 11 is 0. The van der Waals surface area contributed by atoms with Gasteiger partial charge in [-0.2, -0.15) is 0 Å². The second kappa shape index (κ2) is 8.81. The Labute approximate surface area is 185 Å². The molecule has 1 saturated heterocycles. The lowest BCUT2D eigenvalue weighted by Gasteiger charge is -2.56. The lowest BCUT2D eigenvalue weighted by Crippen LogP contribution is -2.59. The number of phenols is 1. The average Bonchev–Trinajstić information content (AvgIpc) is 3.56. The first-order valence-electron chi connectivity index (χ1n) is 11.8. The number of nitrogens with one attached hydrogen (secondary N) is 1. The van der Waals surface area contributed by atoms with E-state index < -0.39 is 12.0 Å². The van der Waals surface area contributed by atoms with Gasteiger partial charge in [0.05, 0.1) is 7.11 Å². The molecule has 1 aromatic rings. The Bertz CT molecular complexity index is 837. The molecule has 1 amide bonds. The number of benzene rings is 1. The van der Waals surface area contributed by atoms with E-state index >= 15 is 0 Å². The Kier molecular flexibility index (Phi) is 6.29. The van der Waals surface area contributed by atoms with Crippen LogP contribution in [0, 0.1) is 11.8 Å². The number of carbonyl (C=O) groups excluding carboxylic acids is 2. The Morgan fingerprint density at radius 3 is 2.84 bits per heavy atom. The Morgan fingerprint density at radius 2 is 2.13 bits per heavy atom. The van der Waals surface area contributed by atoms with Gasteiger partial charge in [-0.3, -0.25) is 9.69 Å². The third-order valence-electron chi connectivity index (χ3n) is 7.97. The number of fused-ring (bicyclic) bond motifs is 4. The summed E-state index contributed by atoms with van der Waals surface area (Å²) in [5.74, 6) is 1.14. The number of aromatic hydroxyl groups is 1. The topological polar surface area (TPSA) is 78.9 Å². The monoisotopic (exact) mass is 428 g/mol. The normalized spacial score (nSPS) is 28.5. The van der Waals surface area contributed by atoms with E-state index in [2.05, 4.69) is 27.9 Å². The predicted molar refractivity (Wildman–Crippen MR) is 119 cm³/mol. The molecule has 4 rings (SSSR count). The number of ether oxygens (including phenoxy) is 1. The molecular weight excluding hydrogens is 392 g/mol. The highest BCUT2D eigenvalue weighted by molar-refractivity contribution is 5.84. The molecule has 0 radical (unpaired) electrons. The third kappa shape index (κ3) is 4.45. The molecule has 6 heteroatoms. The summed E-state index contributed by atoms with van der Waals surface area (Å²) in [6, 6.07) is 5.78. The maximum Gasteiger partial charge on any atom is 0.328 e. The quantitative estimate of drug-likeness (QED) is 0.622. The van der Waals surface area contributed by atoms with Crippen LogP contribution >= 0.6 is 0 Å². The van der Waals surface area contributed by atoms with Crippen LogP contribution in [-0.4, -0.2) is 54.2 Å². The van der Waals surface area contributed by atoms with Crippen molar-refractivity contribution in [3.05, 3.63) is 29.3 Å². The van der Waals surface area contributed by atoms with Gasteiger partial charge in [0.1, 0.15) is 11.8 Å². The maximum atomic E-state index is 12.4. The summed E-state index contributed by atoms with van der Waals surface area (Å²) in [7, 11) is 1.33. The second-order valence-corrected chi connectivity index (χ2v) is 9.91. The highest BCUT2D eigenvalue weighted by Gasteiger charge is 2.51. The maximum absolute atomic E-state index is 12.4. The minimum absolute atomic E-state index is 0.00864. The van der Waals surface area contributed by atoms with Crippen LogP contribution in [0.1, 0.15) is 63.5 Å². The first-order valence-corrected chi connectivity index (χ1v) is 11.8. The molecule has 1 saturated carbocycles. The van der Waals surface area contributed by atoms with Crippen molar-refractivity contribution in [3.8, 4) is 5.75 Å². The lowest BCUT2D eigenvalue weighted by atomic mass is 9.56. The van der Waals surface area contributed by atoms with Crippen LogP contribution in [0.15, 0.2) is 18.2 Å². The molecule has 0 spiro atoms. The molecular formula is C25H36N2O4. The molecule has 170 valence electrons. The van der Waals surface area contributed by atoms with Gasteiger partial charge in [-0.25, -0.2) is 4.79 Å². The number of amides is 1. The Balaban J connectivity index is 1.48. The molecule has 1 aromatic carbocycles. The van der Waals surface area contributed by atoms with Crippen LogP contribution in [-0.2, 0) is 26.2 Å². The van der Waals surface area contributed by atoms with Crippen molar-refractivity contribution in [2.24, 2.45) is 11.8 Å². The Morgan fingerprint density at radius 1 is 1.35 bits per heavy atom. The zero-order valence-corrected chi connectivity index (χ0v) is 19.0. The van der Waals surface area contributed by atoms with E-state index in [9.17, 15) is 14.7 Å². The first-order chi connectivity index (χ1) is 14.8. The van der Waals surface area contributed by atoms with E-state index in [4.69, 9.17) is 0 Å². The molecule has 0 unspecified atom stereocenters. The van der Waals surface area contributed by atoms with Gasteiger partial charge in [0, 0.05) is 24.4 Å². The van der Waals surface area contributed by atoms with Gasteiger partial charge < -0.3 is 15.2 Å². The van der Waals surface area contributed by atoms with E-state index in [0.717, 1.165) is 38.1 Å². The first kappa shape index (κ1) is 22.1. The minimum Gasteiger partial charge on any atom is -0.508 e. The molecule has 2 bridgehead atoms. The van der Waals surface area contributed by atoms with Gasteiger partial charge in [0.15, 0.2) is 0 Å². The number of rotatable bonds is 8. The van der Waals surface area contributed by atoms with Crippen LogP contribution < -0.4 is 5.32 Å². The van der Waals surface area contributed by atoms with E-state index in [-0.39, 0.29) is 11.3 Å². The van der Waals surface area contributed by atoms with Crippen molar-refractivity contribution >= 4 is 11.9 Å². The van der Waals surface area contributed by atoms with Gasteiger partial charge in [-0.05, 0) is 87.1 Å². The van der Waals surface area contributed by atoms with Crippen molar-refractivity contribution in [1.82, 2.24) is 10.2 Å². The molecule has 1 aliphatic heterocycles. The SMILES string of the molecule is COC(=O)[C@H](C)NC(=O)CCC[C@]12CCN(CC3CC3)[C@H](Cc3ccc(O)cc31)[C@@H]2C. The van der Waals surface area contributed by atoms with Crippen molar-refractivity contribution in [1.29, 1.82) is 0 Å². The fourth-order valence-corrected chi connectivity index (χ4v) is 6.00. The summed E-state index contributed by atoms with van der Waals surface area (Å²) < 4.78 is 4.69. The van der Waals surface area contributed by atoms with E-state index in [0.29, 0.717) is 24.1 Å². The summed E-state index contributed by atoms with van der Waals surface area (Å²) in [6.45, 7) is 6.32. The van der Waals surface area contributed by atoms with Gasteiger partial charge >= 0.3 is 5.97 Å². The van der Waals surface area contributed by atoms with Crippen molar-refractivity contribution < 1.29 is 19.4 Å². The van der Waals surface area contributed by atoms with Crippen LogP contribution in [0.5, 0.6) is 5.75 Å². The number of piperidine rings is 1. The molecule has 2 fully saturated rings. The van der Waals surface area contributed by atoms with Crippen molar-refractivity contribution in [2.45, 2.75) is 76.3 Å². The highest BCUT2D eigenvalue weighted by atomic mass is 16.5. The van der Waals surface area contributed by atoms with E-state index in [1.165, 1.54) is 37.6 Å². The van der Waals surface area contributed by atoms with Crippen LogP contribution in [0.25, 0.3) is 0 Å². The average molecular weight is 429 g/mol. The van der Waals surface area contributed by atoms with Crippen LogP contribution in [0.4, 0.5) is 0 Å². The van der Waals surface area contributed by atoms with E-state index in [1.54, 1.807) is 6.92 Å². The summed E-state index contributed by atoms with van der Waals surface area (Å²) in [5.41, 5.74) is 2.63. The number of nitrogens with zero attached hydrogens (tertiary/aromatic N) is 1. The minimum atomic E-state index is -0.628. The molecule has 2 aliphatic carbocycles. The summed E-state index contributed by atoms with van der Waals surface area (Å²) in [5, 5.41) is 13.0.